The summed E-state index contributed by atoms with van der Waals surface area (Å²) in [6.45, 7) is 1.83. The van der Waals surface area contributed by atoms with E-state index in [0.717, 1.165) is 0 Å². The second kappa shape index (κ2) is 6.00. The lowest BCUT2D eigenvalue weighted by Crippen LogP contribution is -2.41. The molecule has 17 heavy (non-hydrogen) atoms. The van der Waals surface area contributed by atoms with Gasteiger partial charge in [0, 0.05) is 12.0 Å². The van der Waals surface area contributed by atoms with E-state index in [-0.39, 0.29) is 12.4 Å². The number of ether oxygens (including phenoxy) is 1. The first kappa shape index (κ1) is 13.2. The van der Waals surface area contributed by atoms with Crippen molar-refractivity contribution in [2.75, 3.05) is 6.61 Å². The molecule has 1 unspecified atom stereocenters. The van der Waals surface area contributed by atoms with Gasteiger partial charge in [0.25, 0.3) is 0 Å². The summed E-state index contributed by atoms with van der Waals surface area (Å²) in [5.74, 6) is 0.0162. The minimum Gasteiger partial charge on any atom is -0.491 e. The first-order valence-electron chi connectivity index (χ1n) is 5.35. The molecule has 0 aromatic heterocycles. The molecule has 0 bridgehead atoms. The first-order valence-corrected chi connectivity index (χ1v) is 5.35. The molecule has 1 aromatic carbocycles. The van der Waals surface area contributed by atoms with Gasteiger partial charge in [-0.2, -0.15) is 0 Å². The summed E-state index contributed by atoms with van der Waals surface area (Å²) in [4.78, 5) is 22.0. The molecular formula is C12H16N2O3. The highest BCUT2D eigenvalue weighted by atomic mass is 16.5. The third kappa shape index (κ3) is 3.88. The zero-order valence-corrected chi connectivity index (χ0v) is 9.68. The molecule has 0 aliphatic carbocycles. The van der Waals surface area contributed by atoms with Gasteiger partial charge in [-0.1, -0.05) is 6.92 Å². The minimum absolute atomic E-state index is 0.0242. The molecule has 1 atom stereocenters. The summed E-state index contributed by atoms with van der Waals surface area (Å²) in [5.41, 5.74) is 11.0. The van der Waals surface area contributed by atoms with E-state index in [1.807, 2.05) is 0 Å². The minimum atomic E-state index is -0.827. The van der Waals surface area contributed by atoms with Crippen LogP contribution in [0, 0.1) is 0 Å². The molecule has 92 valence electrons. The Balaban J connectivity index is 2.57. The maximum absolute atomic E-state index is 11.4. The van der Waals surface area contributed by atoms with Crippen molar-refractivity contribution in [1.29, 1.82) is 0 Å². The number of carbonyl (C=O) groups excluding carboxylic acids is 2. The molecule has 1 rings (SSSR count). The van der Waals surface area contributed by atoms with Crippen molar-refractivity contribution >= 4 is 11.7 Å². The molecule has 0 saturated carbocycles. The molecule has 5 nitrogen and oxygen atoms in total. The molecule has 0 spiro atoms. The number of amides is 1. The third-order valence-corrected chi connectivity index (χ3v) is 2.29. The van der Waals surface area contributed by atoms with E-state index in [1.54, 1.807) is 31.2 Å². The molecule has 0 saturated heterocycles. The Bertz CT molecular complexity index is 401. The van der Waals surface area contributed by atoms with Gasteiger partial charge in [0.2, 0.25) is 5.91 Å². The molecule has 0 aliphatic heterocycles. The van der Waals surface area contributed by atoms with Gasteiger partial charge in [0.05, 0.1) is 0 Å². The maximum Gasteiger partial charge on any atom is 0.237 e. The van der Waals surface area contributed by atoms with E-state index in [1.165, 1.54) is 0 Å². The lowest BCUT2D eigenvalue weighted by Gasteiger charge is -2.10. The number of hydrogen-bond acceptors (Lipinski definition) is 4. The van der Waals surface area contributed by atoms with Crippen LogP contribution in [-0.4, -0.2) is 24.3 Å². The molecular weight excluding hydrogens is 220 g/mol. The van der Waals surface area contributed by atoms with Crippen LogP contribution >= 0.6 is 0 Å². The van der Waals surface area contributed by atoms with Crippen LogP contribution in [0.4, 0.5) is 0 Å². The number of nitrogens with two attached hydrogens (primary N) is 2. The fraction of sp³-hybridized carbons (Fsp3) is 0.333. The molecule has 5 heteroatoms. The van der Waals surface area contributed by atoms with Gasteiger partial charge in [-0.3, -0.25) is 9.59 Å². The highest BCUT2D eigenvalue weighted by Gasteiger charge is 2.10. The summed E-state index contributed by atoms with van der Waals surface area (Å²) < 4.78 is 5.26. The van der Waals surface area contributed by atoms with Gasteiger partial charge >= 0.3 is 0 Å². The quantitative estimate of drug-likeness (QED) is 0.702. The maximum atomic E-state index is 11.4. The zero-order chi connectivity index (χ0) is 12.8. The number of carbonyl (C=O) groups is 2. The predicted octanol–water partition coefficient (Wildman–Crippen LogP) is 0.471. The SMILES string of the molecule is CCC(=O)c1ccc(OCC(N)C(N)=O)cc1. The highest BCUT2D eigenvalue weighted by molar-refractivity contribution is 5.95. The zero-order valence-electron chi connectivity index (χ0n) is 9.68. The largest absolute Gasteiger partial charge is 0.491 e. The first-order chi connectivity index (χ1) is 8.04. The van der Waals surface area contributed by atoms with E-state index >= 15 is 0 Å². The fourth-order valence-corrected chi connectivity index (χ4v) is 1.21. The van der Waals surface area contributed by atoms with Crippen LogP contribution in [0.5, 0.6) is 5.75 Å². The molecule has 1 aromatic rings. The van der Waals surface area contributed by atoms with Crippen LogP contribution in [0.1, 0.15) is 23.7 Å². The lowest BCUT2D eigenvalue weighted by atomic mass is 10.1. The average molecular weight is 236 g/mol. The molecule has 1 amide bonds. The van der Waals surface area contributed by atoms with Gasteiger partial charge in [-0.15, -0.1) is 0 Å². The van der Waals surface area contributed by atoms with Crippen molar-refractivity contribution in [1.82, 2.24) is 0 Å². The Morgan fingerprint density at radius 3 is 2.35 bits per heavy atom. The second-order valence-corrected chi connectivity index (χ2v) is 3.62. The van der Waals surface area contributed by atoms with E-state index in [4.69, 9.17) is 16.2 Å². The normalized spacial score (nSPS) is 11.9. The summed E-state index contributed by atoms with van der Waals surface area (Å²) in [6, 6.07) is 5.85. The van der Waals surface area contributed by atoms with Crippen LogP contribution < -0.4 is 16.2 Å². The Morgan fingerprint density at radius 2 is 1.88 bits per heavy atom. The van der Waals surface area contributed by atoms with E-state index in [0.29, 0.717) is 17.7 Å². The summed E-state index contributed by atoms with van der Waals surface area (Å²) in [7, 11) is 0. The molecule has 4 N–H and O–H groups in total. The van der Waals surface area contributed by atoms with Gasteiger partial charge in [0.1, 0.15) is 18.4 Å². The van der Waals surface area contributed by atoms with Gasteiger partial charge < -0.3 is 16.2 Å². The Kier molecular flexibility index (Phi) is 4.66. The Hall–Kier alpha value is -1.88. The number of Topliss-reactive ketones (excluding diaryl/α,β-unsaturated/α-hetero) is 1. The predicted molar refractivity (Wildman–Crippen MR) is 63.7 cm³/mol. The molecule has 0 aliphatic rings. The van der Waals surface area contributed by atoms with Crippen molar-refractivity contribution in [3.8, 4) is 5.75 Å². The van der Waals surface area contributed by atoms with Crippen LogP contribution in [0.2, 0.25) is 0 Å². The summed E-state index contributed by atoms with van der Waals surface area (Å²) in [6.07, 6.45) is 0.465. The Labute approximate surface area is 99.7 Å². The number of benzene rings is 1. The van der Waals surface area contributed by atoms with Crippen LogP contribution in [0.15, 0.2) is 24.3 Å². The van der Waals surface area contributed by atoms with Crippen molar-refractivity contribution in [3.05, 3.63) is 29.8 Å². The number of rotatable bonds is 6. The average Bonchev–Trinajstić information content (AvgIpc) is 2.35. The Morgan fingerprint density at radius 1 is 1.29 bits per heavy atom. The van der Waals surface area contributed by atoms with Crippen LogP contribution in [-0.2, 0) is 4.79 Å². The summed E-state index contributed by atoms with van der Waals surface area (Å²) >= 11 is 0. The highest BCUT2D eigenvalue weighted by Crippen LogP contribution is 2.13. The van der Waals surface area contributed by atoms with Gasteiger partial charge in [-0.05, 0) is 24.3 Å². The smallest absolute Gasteiger partial charge is 0.237 e. The van der Waals surface area contributed by atoms with Crippen molar-refractivity contribution in [2.45, 2.75) is 19.4 Å². The number of primary amides is 1. The molecule has 0 fully saturated rings. The topological polar surface area (TPSA) is 95.4 Å². The number of hydrogen-bond donors (Lipinski definition) is 2. The lowest BCUT2D eigenvalue weighted by molar-refractivity contribution is -0.119. The van der Waals surface area contributed by atoms with Crippen LogP contribution in [0.25, 0.3) is 0 Å². The van der Waals surface area contributed by atoms with Gasteiger partial charge in [0.15, 0.2) is 5.78 Å². The third-order valence-electron chi connectivity index (χ3n) is 2.29. The van der Waals surface area contributed by atoms with Crippen LogP contribution in [0.3, 0.4) is 0 Å². The van der Waals surface area contributed by atoms with Crippen molar-refractivity contribution in [3.63, 3.8) is 0 Å². The van der Waals surface area contributed by atoms with Gasteiger partial charge in [-0.25, -0.2) is 0 Å². The second-order valence-electron chi connectivity index (χ2n) is 3.62. The van der Waals surface area contributed by atoms with Crippen molar-refractivity contribution < 1.29 is 14.3 Å². The van der Waals surface area contributed by atoms with E-state index in [2.05, 4.69) is 0 Å². The van der Waals surface area contributed by atoms with E-state index < -0.39 is 11.9 Å². The molecule has 0 heterocycles. The monoisotopic (exact) mass is 236 g/mol. The number of ketones is 1. The van der Waals surface area contributed by atoms with E-state index in [9.17, 15) is 9.59 Å². The standard InChI is InChI=1S/C12H16N2O3/c1-2-11(15)8-3-5-9(6-4-8)17-7-10(13)12(14)16/h3-6,10H,2,7,13H2,1H3,(H2,14,16). The van der Waals surface area contributed by atoms with Crippen molar-refractivity contribution in [2.24, 2.45) is 11.5 Å². The fourth-order valence-electron chi connectivity index (χ4n) is 1.21. The molecule has 0 radical (unpaired) electrons. The summed E-state index contributed by atoms with van der Waals surface area (Å²) in [5, 5.41) is 0.